The molecule has 17 nitrogen and oxygen atoms in total. The average molecular weight is 893 g/mol. The van der Waals surface area contributed by atoms with Crippen molar-refractivity contribution in [3.8, 4) is 0 Å². The minimum atomic E-state index is -0.976. The molecule has 5 amide bonds. The lowest BCUT2D eigenvalue weighted by Gasteiger charge is -2.28. The lowest BCUT2D eigenvalue weighted by Crippen LogP contribution is -2.55. The molecule has 2 atom stereocenters. The first-order chi connectivity index (χ1) is 29.6. The van der Waals surface area contributed by atoms with Gasteiger partial charge in [0.1, 0.15) is 11.8 Å². The third kappa shape index (κ3) is 28.8. The number of hydrogen-bond donors (Lipinski definition) is 7. The Balaban J connectivity index is 0.00000176. The molecule has 0 aliphatic rings. The summed E-state index contributed by atoms with van der Waals surface area (Å²) < 4.78 is 10.6. The topological polar surface area (TPSA) is 267 Å². The first-order valence-corrected chi connectivity index (χ1v) is 23.0. The second-order valence-corrected chi connectivity index (χ2v) is 18.4. The number of ether oxygens (including phenoxy) is 2. The van der Waals surface area contributed by atoms with E-state index in [9.17, 15) is 33.6 Å². The van der Waals surface area contributed by atoms with Crippen LogP contribution in [0.5, 0.6) is 0 Å². The number of nitrogens with zero attached hydrogens (tertiary/aromatic N) is 1. The van der Waals surface area contributed by atoms with E-state index in [0.717, 1.165) is 18.5 Å². The largest absolute Gasteiger partial charge is 0.449 e. The summed E-state index contributed by atoms with van der Waals surface area (Å²) in [5.74, 6) is -1.38. The molecule has 0 fully saturated rings. The number of hydrogen-bond acceptors (Lipinski definition) is 11. The molecule has 0 aliphatic carbocycles. The lowest BCUT2D eigenvalue weighted by molar-refractivity contribution is -0.138. The Morgan fingerprint density at radius 3 is 1.97 bits per heavy atom. The van der Waals surface area contributed by atoms with Crippen molar-refractivity contribution >= 4 is 41.3 Å². The van der Waals surface area contributed by atoms with E-state index >= 15 is 0 Å². The zero-order valence-electron chi connectivity index (χ0n) is 40.1. The van der Waals surface area contributed by atoms with E-state index in [1.807, 2.05) is 0 Å². The Bertz CT molecular complexity index is 1490. The van der Waals surface area contributed by atoms with Crippen molar-refractivity contribution in [1.29, 1.82) is 0 Å². The normalized spacial score (nSPS) is 12.5. The van der Waals surface area contributed by atoms with E-state index in [1.54, 1.807) is 61.6 Å². The molecule has 0 saturated heterocycles. The van der Waals surface area contributed by atoms with Crippen LogP contribution < -0.4 is 32.7 Å². The predicted octanol–water partition coefficient (Wildman–Crippen LogP) is 5.48. The number of H-pyrrole nitrogens is 1. The van der Waals surface area contributed by atoms with Crippen molar-refractivity contribution in [3.63, 3.8) is 0 Å². The van der Waals surface area contributed by atoms with E-state index < -0.39 is 46.4 Å². The summed E-state index contributed by atoms with van der Waals surface area (Å²) in [4.78, 5) is 91.1. The molecule has 1 rings (SSSR count). The van der Waals surface area contributed by atoms with Gasteiger partial charge in [-0.15, -0.1) is 0 Å². The summed E-state index contributed by atoms with van der Waals surface area (Å²) in [6, 6.07) is -1.56. The highest BCUT2D eigenvalue weighted by molar-refractivity contribution is 5.94. The van der Waals surface area contributed by atoms with Gasteiger partial charge in [-0.1, -0.05) is 99.8 Å². The van der Waals surface area contributed by atoms with Gasteiger partial charge < -0.3 is 47.2 Å². The molecule has 1 aromatic heterocycles. The second kappa shape index (κ2) is 32.3. The SMILES string of the molecule is CCC(=O)C(C)(C)NC(=O)[C@@H](N)Cc1cnc[nH]1.CCCCCCCCCCCC(=O)NCCOCCCOC(=O)NCCCC[C@H](NC(=O)C(C)(C)CC(=O)C(C)(C)C)C(N)=O. The standard InChI is InChI=1S/C34H64N4O7.C12H20N4O2/c1-7-8-9-10-11-12-13-14-15-20-29(40)36-22-25-44-23-18-24-45-32(43)37-21-17-16-19-27(30(35)41)38-31(42)34(5,6)26-28(39)33(2,3)4;1-4-10(17)12(2,3)16-11(18)9(13)5-8-6-14-7-15-8/h27H,7-26H2,1-6H3,(H2,35,41)(H,36,40)(H,37,43)(H,38,42);6-7,9H,4-5,13H2,1-3H3,(H,14,15)(H,16,18)/t27-;9-/m00/s1. The van der Waals surface area contributed by atoms with Crippen LogP contribution in [0.3, 0.4) is 0 Å². The molecule has 9 N–H and O–H groups in total. The Morgan fingerprint density at radius 1 is 0.762 bits per heavy atom. The zero-order valence-corrected chi connectivity index (χ0v) is 40.1. The van der Waals surface area contributed by atoms with E-state index in [1.165, 1.54) is 51.3 Å². The lowest BCUT2D eigenvalue weighted by atomic mass is 9.78. The van der Waals surface area contributed by atoms with Crippen molar-refractivity contribution < 1.29 is 43.0 Å². The quantitative estimate of drug-likeness (QED) is 0.0434. The highest BCUT2D eigenvalue weighted by atomic mass is 16.5. The molecule has 1 aromatic rings. The number of nitrogens with two attached hydrogens (primary N) is 2. The molecule has 0 aromatic carbocycles. The van der Waals surface area contributed by atoms with Gasteiger partial charge in [0.25, 0.3) is 0 Å². The summed E-state index contributed by atoms with van der Waals surface area (Å²) >= 11 is 0. The highest BCUT2D eigenvalue weighted by Gasteiger charge is 2.36. The Morgan fingerprint density at radius 2 is 1.40 bits per heavy atom. The first-order valence-electron chi connectivity index (χ1n) is 23.0. The van der Waals surface area contributed by atoms with E-state index in [4.69, 9.17) is 20.9 Å². The Labute approximate surface area is 377 Å². The predicted molar refractivity (Wildman–Crippen MR) is 245 cm³/mol. The monoisotopic (exact) mass is 893 g/mol. The van der Waals surface area contributed by atoms with E-state index in [2.05, 4.69) is 38.2 Å². The van der Waals surface area contributed by atoms with E-state index in [0.29, 0.717) is 71.2 Å². The van der Waals surface area contributed by atoms with Gasteiger partial charge in [0.05, 0.1) is 36.5 Å². The van der Waals surface area contributed by atoms with Crippen LogP contribution in [0.4, 0.5) is 4.79 Å². The fourth-order valence-electron chi connectivity index (χ4n) is 6.11. The minimum absolute atomic E-state index is 0.0235. The van der Waals surface area contributed by atoms with Crippen LogP contribution in [0, 0.1) is 10.8 Å². The molecule has 0 spiro atoms. The van der Waals surface area contributed by atoms with Crippen LogP contribution >= 0.6 is 0 Å². The zero-order chi connectivity index (χ0) is 47.9. The highest BCUT2D eigenvalue weighted by Crippen LogP contribution is 2.28. The maximum absolute atomic E-state index is 12.8. The molecule has 1 heterocycles. The van der Waals surface area contributed by atoms with Crippen LogP contribution in [0.1, 0.15) is 171 Å². The van der Waals surface area contributed by atoms with Gasteiger partial charge in [-0.2, -0.15) is 0 Å². The number of aromatic nitrogens is 2. The number of imidazole rings is 1. The van der Waals surface area contributed by atoms with Gasteiger partial charge in [-0.3, -0.25) is 28.8 Å². The Hall–Kier alpha value is -4.38. The Kier molecular flexibility index (Phi) is 30.1. The van der Waals surface area contributed by atoms with Crippen molar-refractivity contribution in [2.45, 2.75) is 189 Å². The number of carbonyl (C=O) groups is 7. The van der Waals surface area contributed by atoms with Gasteiger partial charge in [0, 0.05) is 69.1 Å². The number of alkyl carbamates (subject to hydrolysis) is 1. The maximum Gasteiger partial charge on any atom is 0.407 e. The summed E-state index contributed by atoms with van der Waals surface area (Å²) in [5, 5.41) is 10.9. The van der Waals surface area contributed by atoms with Gasteiger partial charge >= 0.3 is 6.09 Å². The van der Waals surface area contributed by atoms with Gasteiger partial charge in [-0.25, -0.2) is 9.78 Å². The molecule has 63 heavy (non-hydrogen) atoms. The molecule has 362 valence electrons. The van der Waals surface area contributed by atoms with Crippen LogP contribution in [0.2, 0.25) is 0 Å². The van der Waals surface area contributed by atoms with Crippen molar-refractivity contribution in [1.82, 2.24) is 31.2 Å². The van der Waals surface area contributed by atoms with Crippen LogP contribution in [0.15, 0.2) is 12.5 Å². The first kappa shape index (κ1) is 58.6. The summed E-state index contributed by atoms with van der Waals surface area (Å²) in [7, 11) is 0. The second-order valence-electron chi connectivity index (χ2n) is 18.4. The fourth-order valence-corrected chi connectivity index (χ4v) is 6.11. The van der Waals surface area contributed by atoms with E-state index in [-0.39, 0.29) is 36.4 Å². The summed E-state index contributed by atoms with van der Waals surface area (Å²) in [6.45, 7) is 18.0. The minimum Gasteiger partial charge on any atom is -0.449 e. The van der Waals surface area contributed by atoms with Crippen LogP contribution in [-0.4, -0.2) is 102 Å². The number of primary amides is 1. The number of aromatic amines is 1. The molecule has 0 unspecified atom stereocenters. The van der Waals surface area contributed by atoms with Gasteiger partial charge in [-0.05, 0) is 39.5 Å². The van der Waals surface area contributed by atoms with Crippen LogP contribution in [0.25, 0.3) is 0 Å². The molecule has 0 radical (unpaired) electrons. The van der Waals surface area contributed by atoms with Crippen molar-refractivity contribution in [3.05, 3.63) is 18.2 Å². The number of ketones is 2. The third-order valence-electron chi connectivity index (χ3n) is 10.4. The molecule has 17 heteroatoms. The number of nitrogens with one attached hydrogen (secondary N) is 5. The molecular weight excluding hydrogens is 809 g/mol. The van der Waals surface area contributed by atoms with Crippen LogP contribution in [-0.2, 0) is 44.7 Å². The average Bonchev–Trinajstić information content (AvgIpc) is 3.72. The number of carbonyl (C=O) groups excluding carboxylic acids is 7. The number of rotatable bonds is 33. The molecule has 0 saturated carbocycles. The van der Waals surface area contributed by atoms with Gasteiger partial charge in [0.2, 0.25) is 23.6 Å². The molecule has 0 aliphatic heterocycles. The number of Topliss-reactive ketones (excluding diaryl/α,β-unsaturated/α-hetero) is 2. The smallest absolute Gasteiger partial charge is 0.407 e. The fraction of sp³-hybridized carbons (Fsp3) is 0.783. The molecule has 0 bridgehead atoms. The van der Waals surface area contributed by atoms with Gasteiger partial charge in [0.15, 0.2) is 5.78 Å². The number of unbranched alkanes of at least 4 members (excludes halogenated alkanes) is 9. The van der Waals surface area contributed by atoms with Crippen molar-refractivity contribution in [2.24, 2.45) is 22.3 Å². The molecular formula is C46H84N8O9. The number of amides is 5. The third-order valence-corrected chi connectivity index (χ3v) is 10.4. The maximum atomic E-state index is 12.8. The summed E-state index contributed by atoms with van der Waals surface area (Å²) in [6.07, 6.45) is 17.0. The van der Waals surface area contributed by atoms with Crippen molar-refractivity contribution in [2.75, 3.05) is 32.9 Å². The summed E-state index contributed by atoms with van der Waals surface area (Å²) in [5.41, 5.74) is 9.65.